The molecule has 0 aliphatic carbocycles. The fraction of sp³-hybridized carbons (Fsp3) is 0.294. The molecule has 2 aromatic rings. The van der Waals surface area contributed by atoms with Gasteiger partial charge in [0.05, 0.1) is 5.02 Å². The molecule has 2 aromatic carbocycles. The molecule has 0 aliphatic rings. The van der Waals surface area contributed by atoms with Gasteiger partial charge >= 0.3 is 0 Å². The minimum Gasteiger partial charge on any atom is -0.455 e. The molecular formula is C17H19BrClNO. The van der Waals surface area contributed by atoms with Crippen LogP contribution in [0.15, 0.2) is 46.9 Å². The van der Waals surface area contributed by atoms with Crippen molar-refractivity contribution in [1.82, 2.24) is 5.32 Å². The van der Waals surface area contributed by atoms with Crippen molar-refractivity contribution in [2.24, 2.45) is 0 Å². The normalized spacial score (nSPS) is 12.2. The third kappa shape index (κ3) is 4.47. The summed E-state index contributed by atoms with van der Waals surface area (Å²) < 4.78 is 6.94. The topological polar surface area (TPSA) is 21.3 Å². The molecule has 0 heterocycles. The Morgan fingerprint density at radius 2 is 1.95 bits per heavy atom. The molecule has 0 amide bonds. The van der Waals surface area contributed by atoms with Crippen molar-refractivity contribution < 1.29 is 4.74 Å². The Labute approximate surface area is 139 Å². The van der Waals surface area contributed by atoms with E-state index < -0.39 is 0 Å². The minimum absolute atomic E-state index is 0.232. The van der Waals surface area contributed by atoms with Crippen molar-refractivity contribution in [3.63, 3.8) is 0 Å². The average Bonchev–Trinajstić information content (AvgIpc) is 2.48. The van der Waals surface area contributed by atoms with Crippen LogP contribution in [0.4, 0.5) is 0 Å². The lowest BCUT2D eigenvalue weighted by Crippen LogP contribution is -2.19. The van der Waals surface area contributed by atoms with Gasteiger partial charge in [-0.25, -0.2) is 0 Å². The highest BCUT2D eigenvalue weighted by Crippen LogP contribution is 2.34. The number of halogens is 2. The van der Waals surface area contributed by atoms with Gasteiger partial charge in [0.1, 0.15) is 11.5 Å². The predicted molar refractivity (Wildman–Crippen MR) is 92.4 cm³/mol. The van der Waals surface area contributed by atoms with Crippen LogP contribution < -0.4 is 10.1 Å². The van der Waals surface area contributed by atoms with E-state index >= 15 is 0 Å². The van der Waals surface area contributed by atoms with Gasteiger partial charge in [0.15, 0.2) is 0 Å². The first-order chi connectivity index (χ1) is 10.1. The molecule has 112 valence electrons. The Morgan fingerprint density at radius 3 is 2.67 bits per heavy atom. The van der Waals surface area contributed by atoms with Crippen molar-refractivity contribution in [3.05, 3.63) is 57.5 Å². The number of rotatable bonds is 6. The predicted octanol–water partition coefficient (Wildman–Crippen LogP) is 5.96. The maximum absolute atomic E-state index is 6.22. The highest BCUT2D eigenvalue weighted by atomic mass is 79.9. The first kappa shape index (κ1) is 16.3. The Hall–Kier alpha value is -1.03. The zero-order chi connectivity index (χ0) is 15.2. The zero-order valence-electron chi connectivity index (χ0n) is 12.2. The summed E-state index contributed by atoms with van der Waals surface area (Å²) >= 11 is 9.62. The van der Waals surface area contributed by atoms with Crippen molar-refractivity contribution in [2.45, 2.75) is 26.3 Å². The van der Waals surface area contributed by atoms with Gasteiger partial charge in [0.25, 0.3) is 0 Å². The van der Waals surface area contributed by atoms with Crippen LogP contribution in [0.5, 0.6) is 11.5 Å². The fourth-order valence-electron chi connectivity index (χ4n) is 2.08. The molecule has 1 unspecified atom stereocenters. The van der Waals surface area contributed by atoms with Gasteiger partial charge in [0, 0.05) is 16.1 Å². The maximum Gasteiger partial charge on any atom is 0.146 e. The van der Waals surface area contributed by atoms with Crippen molar-refractivity contribution in [3.8, 4) is 11.5 Å². The van der Waals surface area contributed by atoms with Crippen LogP contribution in [0, 0.1) is 0 Å². The van der Waals surface area contributed by atoms with Gasteiger partial charge < -0.3 is 10.1 Å². The number of nitrogens with one attached hydrogen (secondary N) is 1. The van der Waals surface area contributed by atoms with E-state index in [9.17, 15) is 0 Å². The van der Waals surface area contributed by atoms with Crippen LogP contribution in [-0.4, -0.2) is 6.54 Å². The fourth-order valence-corrected chi connectivity index (χ4v) is 2.79. The molecule has 0 fully saturated rings. The lowest BCUT2D eigenvalue weighted by atomic mass is 10.1. The summed E-state index contributed by atoms with van der Waals surface area (Å²) in [5.74, 6) is 1.49. The second-order valence-corrected chi connectivity index (χ2v) is 6.21. The van der Waals surface area contributed by atoms with E-state index in [1.807, 2.05) is 36.4 Å². The summed E-state index contributed by atoms with van der Waals surface area (Å²) in [4.78, 5) is 0. The SMILES string of the molecule is CCCNC(C)c1ccccc1Oc1ccc(Br)cc1Cl. The molecule has 0 saturated heterocycles. The number of hydrogen-bond acceptors (Lipinski definition) is 2. The molecule has 2 rings (SSSR count). The van der Waals surface area contributed by atoms with Gasteiger partial charge in [-0.15, -0.1) is 0 Å². The van der Waals surface area contributed by atoms with E-state index in [4.69, 9.17) is 16.3 Å². The highest BCUT2D eigenvalue weighted by Gasteiger charge is 2.12. The quantitative estimate of drug-likeness (QED) is 0.679. The molecule has 1 N–H and O–H groups in total. The summed E-state index contributed by atoms with van der Waals surface area (Å²) in [7, 11) is 0. The molecule has 21 heavy (non-hydrogen) atoms. The van der Waals surface area contributed by atoms with E-state index in [0.29, 0.717) is 10.8 Å². The zero-order valence-corrected chi connectivity index (χ0v) is 14.5. The van der Waals surface area contributed by atoms with E-state index in [1.165, 1.54) is 0 Å². The number of para-hydroxylation sites is 1. The standard InChI is InChI=1S/C17H19BrClNO/c1-3-10-20-12(2)14-6-4-5-7-16(14)21-17-9-8-13(18)11-15(17)19/h4-9,11-12,20H,3,10H2,1-2H3. The summed E-state index contributed by atoms with van der Waals surface area (Å²) in [5, 5.41) is 4.07. The van der Waals surface area contributed by atoms with E-state index in [2.05, 4.69) is 41.2 Å². The summed E-state index contributed by atoms with van der Waals surface area (Å²) in [5.41, 5.74) is 1.13. The van der Waals surface area contributed by atoms with Crippen LogP contribution in [0.2, 0.25) is 5.02 Å². The molecule has 0 radical (unpaired) electrons. The minimum atomic E-state index is 0.232. The molecular weight excluding hydrogens is 350 g/mol. The number of ether oxygens (including phenoxy) is 1. The molecule has 0 bridgehead atoms. The van der Waals surface area contributed by atoms with Gasteiger partial charge in [-0.3, -0.25) is 0 Å². The second-order valence-electron chi connectivity index (χ2n) is 4.89. The summed E-state index contributed by atoms with van der Waals surface area (Å²) in [6.07, 6.45) is 1.10. The van der Waals surface area contributed by atoms with Crippen LogP contribution in [0.25, 0.3) is 0 Å². The molecule has 0 saturated carbocycles. The van der Waals surface area contributed by atoms with Gasteiger partial charge in [-0.2, -0.15) is 0 Å². The Morgan fingerprint density at radius 1 is 1.19 bits per heavy atom. The molecule has 0 aromatic heterocycles. The maximum atomic E-state index is 6.22. The Bertz CT molecular complexity index is 603. The van der Waals surface area contributed by atoms with Gasteiger partial charge in [-0.1, -0.05) is 52.7 Å². The monoisotopic (exact) mass is 367 g/mol. The van der Waals surface area contributed by atoms with Gasteiger partial charge in [-0.05, 0) is 44.2 Å². The van der Waals surface area contributed by atoms with Crippen LogP contribution in [0.1, 0.15) is 31.9 Å². The first-order valence-electron chi connectivity index (χ1n) is 7.07. The number of benzene rings is 2. The number of hydrogen-bond donors (Lipinski definition) is 1. The van der Waals surface area contributed by atoms with Crippen molar-refractivity contribution >= 4 is 27.5 Å². The average molecular weight is 369 g/mol. The third-order valence-corrected chi connectivity index (χ3v) is 3.99. The molecule has 1 atom stereocenters. The summed E-state index contributed by atoms with van der Waals surface area (Å²) in [6.45, 7) is 5.28. The first-order valence-corrected chi connectivity index (χ1v) is 8.24. The smallest absolute Gasteiger partial charge is 0.146 e. The Kier molecular flexibility index (Phi) is 6.09. The van der Waals surface area contributed by atoms with Crippen LogP contribution >= 0.6 is 27.5 Å². The lowest BCUT2D eigenvalue weighted by molar-refractivity contribution is 0.461. The van der Waals surface area contributed by atoms with E-state index in [1.54, 1.807) is 0 Å². The second kappa shape index (κ2) is 7.83. The lowest BCUT2D eigenvalue weighted by Gasteiger charge is -2.18. The third-order valence-electron chi connectivity index (χ3n) is 3.20. The largest absolute Gasteiger partial charge is 0.455 e. The van der Waals surface area contributed by atoms with E-state index in [0.717, 1.165) is 28.8 Å². The molecule has 0 spiro atoms. The Balaban J connectivity index is 2.23. The van der Waals surface area contributed by atoms with E-state index in [-0.39, 0.29) is 6.04 Å². The van der Waals surface area contributed by atoms with Gasteiger partial charge in [0.2, 0.25) is 0 Å². The molecule has 2 nitrogen and oxygen atoms in total. The van der Waals surface area contributed by atoms with Crippen LogP contribution in [0.3, 0.4) is 0 Å². The van der Waals surface area contributed by atoms with Crippen molar-refractivity contribution in [1.29, 1.82) is 0 Å². The summed E-state index contributed by atoms with van der Waals surface area (Å²) in [6, 6.07) is 13.9. The molecule has 0 aliphatic heterocycles. The van der Waals surface area contributed by atoms with Crippen molar-refractivity contribution in [2.75, 3.05) is 6.54 Å². The van der Waals surface area contributed by atoms with Crippen LogP contribution in [-0.2, 0) is 0 Å². The molecule has 4 heteroatoms. The highest BCUT2D eigenvalue weighted by molar-refractivity contribution is 9.10.